The quantitative estimate of drug-likeness (QED) is 0.556. The minimum absolute atomic E-state index is 0.268. The molecule has 1 nitrogen and oxygen atoms in total. The van der Waals surface area contributed by atoms with Crippen molar-refractivity contribution in [2.45, 2.75) is 32.3 Å². The van der Waals surface area contributed by atoms with Crippen LogP contribution in [-0.2, 0) is 4.79 Å². The van der Waals surface area contributed by atoms with Crippen molar-refractivity contribution in [3.8, 4) is 0 Å². The van der Waals surface area contributed by atoms with Gasteiger partial charge in [-0.3, -0.25) is 0 Å². The Morgan fingerprint density at radius 1 is 0.731 bits per heavy atom. The molecule has 1 atom stereocenters. The van der Waals surface area contributed by atoms with Crippen LogP contribution in [0.1, 0.15) is 26.7 Å². The van der Waals surface area contributed by atoms with E-state index in [4.69, 9.17) is 0 Å². The Morgan fingerprint density at radius 3 is 1.38 bits per heavy atom. The summed E-state index contributed by atoms with van der Waals surface area (Å²) in [5.41, 5.74) is 0.388. The first-order valence-electron chi connectivity index (χ1n) is 9.20. The number of benzene rings is 3. The van der Waals surface area contributed by atoms with Crippen LogP contribution in [0.15, 0.2) is 91.0 Å². The molecule has 3 aromatic carbocycles. The van der Waals surface area contributed by atoms with E-state index in [1.54, 1.807) is 6.92 Å². The van der Waals surface area contributed by atoms with Gasteiger partial charge < -0.3 is 4.79 Å². The lowest BCUT2D eigenvalue weighted by Gasteiger charge is -2.33. The van der Waals surface area contributed by atoms with Crippen LogP contribution in [0.25, 0.3) is 0 Å². The van der Waals surface area contributed by atoms with Crippen molar-refractivity contribution in [1.82, 2.24) is 0 Å². The van der Waals surface area contributed by atoms with E-state index in [-0.39, 0.29) is 5.78 Å². The fourth-order valence-corrected chi connectivity index (χ4v) is 8.67. The third-order valence-electron chi connectivity index (χ3n) is 5.07. The highest BCUT2D eigenvalue weighted by molar-refractivity contribution is 7.96. The largest absolute Gasteiger partial charge is 0.300 e. The van der Waals surface area contributed by atoms with Crippen LogP contribution >= 0.6 is 7.26 Å². The van der Waals surface area contributed by atoms with Crippen LogP contribution in [-0.4, -0.2) is 11.4 Å². The van der Waals surface area contributed by atoms with E-state index in [1.807, 2.05) is 0 Å². The summed E-state index contributed by atoms with van der Waals surface area (Å²) in [5.74, 6) is 0.268. The molecule has 0 radical (unpaired) electrons. The maximum Gasteiger partial charge on any atom is 0.129 e. The zero-order valence-electron chi connectivity index (χ0n) is 15.5. The number of carbonyl (C=O) groups is 1. The highest BCUT2D eigenvalue weighted by Crippen LogP contribution is 2.60. The maximum absolute atomic E-state index is 11.7. The topological polar surface area (TPSA) is 17.1 Å². The number of Topliss-reactive ketones (excluding diaryl/α,β-unsaturated/α-hetero) is 1. The first-order chi connectivity index (χ1) is 12.7. The summed E-state index contributed by atoms with van der Waals surface area (Å²) < 4.78 is 0. The molecule has 0 aliphatic heterocycles. The third-order valence-corrected chi connectivity index (χ3v) is 9.98. The molecular formula is C24H26OP+. The highest BCUT2D eigenvalue weighted by atomic mass is 31.2. The predicted molar refractivity (Wildman–Crippen MR) is 115 cm³/mol. The Kier molecular flexibility index (Phi) is 6.01. The summed E-state index contributed by atoms with van der Waals surface area (Å²) in [5, 5.41) is 4.15. The van der Waals surface area contributed by atoms with Crippen molar-refractivity contribution >= 4 is 29.0 Å². The second kappa shape index (κ2) is 8.43. The molecule has 0 bridgehead atoms. The lowest BCUT2D eigenvalue weighted by molar-refractivity contribution is -0.117. The van der Waals surface area contributed by atoms with Crippen molar-refractivity contribution < 1.29 is 4.79 Å². The van der Waals surface area contributed by atoms with Crippen molar-refractivity contribution in [3.05, 3.63) is 91.0 Å². The molecule has 0 spiro atoms. The third kappa shape index (κ3) is 3.64. The lowest BCUT2D eigenvalue weighted by atomic mass is 10.2. The monoisotopic (exact) mass is 361 g/mol. The smallest absolute Gasteiger partial charge is 0.129 e. The van der Waals surface area contributed by atoms with Gasteiger partial charge in [0.15, 0.2) is 0 Å². The molecule has 2 heteroatoms. The first kappa shape index (κ1) is 18.5. The Bertz CT molecular complexity index is 731. The zero-order chi connectivity index (χ0) is 18.4. The zero-order valence-corrected chi connectivity index (χ0v) is 16.4. The van der Waals surface area contributed by atoms with Crippen LogP contribution < -0.4 is 15.9 Å². The van der Waals surface area contributed by atoms with Crippen LogP contribution in [0.3, 0.4) is 0 Å². The number of hydrogen-bond acceptors (Lipinski definition) is 1. The van der Waals surface area contributed by atoms with Gasteiger partial charge in [-0.1, -0.05) is 54.6 Å². The van der Waals surface area contributed by atoms with Crippen LogP contribution in [0.2, 0.25) is 0 Å². The first-order valence-corrected chi connectivity index (χ1v) is 11.1. The SMILES string of the molecule is CC(=O)CCC(C)[P+](c1ccccc1)(c1ccccc1)c1ccccc1. The maximum atomic E-state index is 11.7. The van der Waals surface area contributed by atoms with Gasteiger partial charge in [0, 0.05) is 6.42 Å². The lowest BCUT2D eigenvalue weighted by Crippen LogP contribution is -2.37. The van der Waals surface area contributed by atoms with Gasteiger partial charge in [-0.15, -0.1) is 0 Å². The summed E-state index contributed by atoms with van der Waals surface area (Å²) in [6.45, 7) is 4.02. The molecule has 3 rings (SSSR count). The molecule has 0 saturated heterocycles. The summed E-state index contributed by atoms with van der Waals surface area (Å²) in [6.07, 6.45) is 1.54. The second-order valence-electron chi connectivity index (χ2n) is 6.82. The van der Waals surface area contributed by atoms with Gasteiger partial charge in [0.25, 0.3) is 0 Å². The molecule has 0 aromatic heterocycles. The van der Waals surface area contributed by atoms with Crippen molar-refractivity contribution in [3.63, 3.8) is 0 Å². The van der Waals surface area contributed by atoms with Crippen LogP contribution in [0.4, 0.5) is 0 Å². The molecule has 0 heterocycles. The van der Waals surface area contributed by atoms with Crippen molar-refractivity contribution in [1.29, 1.82) is 0 Å². The number of rotatable bonds is 7. The summed E-state index contributed by atoms with van der Waals surface area (Å²) in [6, 6.07) is 32.6. The van der Waals surface area contributed by atoms with Gasteiger partial charge in [0.2, 0.25) is 0 Å². The van der Waals surface area contributed by atoms with Crippen LogP contribution in [0.5, 0.6) is 0 Å². The van der Waals surface area contributed by atoms with E-state index in [9.17, 15) is 4.79 Å². The van der Waals surface area contributed by atoms with Crippen LogP contribution in [0, 0.1) is 0 Å². The number of hydrogen-bond donors (Lipinski definition) is 0. The molecule has 0 aliphatic carbocycles. The van der Waals surface area contributed by atoms with Gasteiger partial charge in [-0.2, -0.15) is 0 Å². The van der Waals surface area contributed by atoms with E-state index >= 15 is 0 Å². The standard InChI is InChI=1S/C24H26OP/c1-20(25)18-19-21(2)26(22-12-6-3-7-13-22,23-14-8-4-9-15-23)24-16-10-5-11-17-24/h3-17,21H,18-19H2,1-2H3/q+1. The molecule has 0 aliphatic rings. The Labute approximate surface area is 157 Å². The molecule has 1 unspecified atom stereocenters. The summed E-state index contributed by atoms with van der Waals surface area (Å²) in [4.78, 5) is 11.7. The van der Waals surface area contributed by atoms with Gasteiger partial charge in [0.05, 0.1) is 5.66 Å². The summed E-state index contributed by atoms with van der Waals surface area (Å²) in [7, 11) is -1.85. The Hall–Kier alpha value is -2.24. The second-order valence-corrected chi connectivity index (χ2v) is 10.7. The Balaban J connectivity index is 2.26. The van der Waals surface area contributed by atoms with Crippen molar-refractivity contribution in [2.24, 2.45) is 0 Å². The van der Waals surface area contributed by atoms with Gasteiger partial charge in [-0.25, -0.2) is 0 Å². The van der Waals surface area contributed by atoms with E-state index in [1.165, 1.54) is 15.9 Å². The molecule has 0 amide bonds. The number of carbonyl (C=O) groups excluding carboxylic acids is 1. The predicted octanol–water partition coefficient (Wildman–Crippen LogP) is 4.74. The van der Waals surface area contributed by atoms with Crippen molar-refractivity contribution in [2.75, 3.05) is 0 Å². The molecular weight excluding hydrogens is 335 g/mol. The van der Waals surface area contributed by atoms with E-state index in [2.05, 4.69) is 97.9 Å². The normalized spacial score (nSPS) is 12.5. The number of ketones is 1. The molecule has 0 fully saturated rings. The van der Waals surface area contributed by atoms with Gasteiger partial charge in [0.1, 0.15) is 29.0 Å². The minimum Gasteiger partial charge on any atom is -0.300 e. The Morgan fingerprint density at radius 2 is 1.08 bits per heavy atom. The van der Waals surface area contributed by atoms with E-state index < -0.39 is 7.26 Å². The summed E-state index contributed by atoms with van der Waals surface area (Å²) >= 11 is 0. The minimum atomic E-state index is -1.85. The molecule has 132 valence electrons. The highest BCUT2D eigenvalue weighted by Gasteiger charge is 2.49. The molecule has 0 N–H and O–H groups in total. The molecule has 0 saturated carbocycles. The van der Waals surface area contributed by atoms with Gasteiger partial charge in [-0.05, 0) is 56.7 Å². The fraction of sp³-hybridized carbons (Fsp3) is 0.208. The van der Waals surface area contributed by atoms with E-state index in [0.717, 1.165) is 6.42 Å². The fourth-order valence-electron chi connectivity index (χ4n) is 3.81. The molecule has 26 heavy (non-hydrogen) atoms. The van der Waals surface area contributed by atoms with Gasteiger partial charge >= 0.3 is 0 Å². The average Bonchev–Trinajstić information content (AvgIpc) is 2.69. The molecule has 3 aromatic rings. The average molecular weight is 361 g/mol. The van der Waals surface area contributed by atoms with E-state index in [0.29, 0.717) is 12.1 Å².